The van der Waals surface area contributed by atoms with Crippen molar-refractivity contribution in [2.45, 2.75) is 51.9 Å². The molecule has 1 fully saturated rings. The van der Waals surface area contributed by atoms with E-state index in [9.17, 15) is 4.79 Å². The van der Waals surface area contributed by atoms with E-state index in [4.69, 9.17) is 4.74 Å². The van der Waals surface area contributed by atoms with Crippen molar-refractivity contribution < 1.29 is 9.53 Å². The summed E-state index contributed by atoms with van der Waals surface area (Å²) in [5.74, 6) is 0.193. The van der Waals surface area contributed by atoms with Crippen molar-refractivity contribution in [1.29, 1.82) is 0 Å². The normalized spacial score (nSPS) is 23.6. The predicted molar refractivity (Wildman–Crippen MR) is 83.8 cm³/mol. The van der Waals surface area contributed by atoms with Crippen LogP contribution in [-0.4, -0.2) is 36.1 Å². The van der Waals surface area contributed by atoms with Crippen molar-refractivity contribution in [2.24, 2.45) is 0 Å². The van der Waals surface area contributed by atoms with Crippen LogP contribution in [0.15, 0.2) is 30.3 Å². The predicted octanol–water partition coefficient (Wildman–Crippen LogP) is 2.71. The van der Waals surface area contributed by atoms with Gasteiger partial charge in [-0.2, -0.15) is 0 Å². The topological polar surface area (TPSA) is 41.6 Å². The second-order valence-corrected chi connectivity index (χ2v) is 5.58. The molecule has 0 bridgehead atoms. The van der Waals surface area contributed by atoms with Crippen LogP contribution in [-0.2, 0) is 9.53 Å². The highest BCUT2D eigenvalue weighted by atomic mass is 16.5. The number of hydrogen-bond donors (Lipinski definition) is 1. The fourth-order valence-corrected chi connectivity index (χ4v) is 2.88. The number of carbonyl (C=O) groups is 1. The van der Waals surface area contributed by atoms with E-state index in [-0.39, 0.29) is 24.2 Å². The van der Waals surface area contributed by atoms with Crippen LogP contribution in [0.5, 0.6) is 0 Å². The first-order chi connectivity index (χ1) is 10.2. The third-order valence-electron chi connectivity index (χ3n) is 3.92. The Bertz CT molecular complexity index is 449. The molecule has 21 heavy (non-hydrogen) atoms. The lowest BCUT2D eigenvalue weighted by atomic mass is 10.1. The van der Waals surface area contributed by atoms with E-state index in [1.165, 1.54) is 0 Å². The SMILES string of the molecule is CCCC1NC(c2ccccc2)N(C(C)COCC)C1=O. The lowest BCUT2D eigenvalue weighted by Gasteiger charge is -2.30. The summed E-state index contributed by atoms with van der Waals surface area (Å²) in [5, 5.41) is 3.49. The van der Waals surface area contributed by atoms with Crippen molar-refractivity contribution in [3.63, 3.8) is 0 Å². The Labute approximate surface area is 127 Å². The zero-order valence-electron chi connectivity index (χ0n) is 13.2. The third-order valence-corrected chi connectivity index (χ3v) is 3.92. The fraction of sp³-hybridized carbons (Fsp3) is 0.588. The number of hydrogen-bond acceptors (Lipinski definition) is 3. The molecule has 1 aromatic rings. The van der Waals surface area contributed by atoms with Crippen molar-refractivity contribution >= 4 is 5.91 Å². The second-order valence-electron chi connectivity index (χ2n) is 5.58. The lowest BCUT2D eigenvalue weighted by Crippen LogP contribution is -2.41. The number of carbonyl (C=O) groups excluding carboxylic acids is 1. The molecule has 1 heterocycles. The first-order valence-electron chi connectivity index (χ1n) is 7.89. The van der Waals surface area contributed by atoms with Gasteiger partial charge in [0.05, 0.1) is 18.7 Å². The van der Waals surface area contributed by atoms with E-state index in [0.717, 1.165) is 18.4 Å². The van der Waals surface area contributed by atoms with Gasteiger partial charge in [-0.3, -0.25) is 10.1 Å². The zero-order valence-corrected chi connectivity index (χ0v) is 13.2. The molecule has 4 nitrogen and oxygen atoms in total. The van der Waals surface area contributed by atoms with Gasteiger partial charge >= 0.3 is 0 Å². The van der Waals surface area contributed by atoms with Crippen molar-refractivity contribution in [1.82, 2.24) is 10.2 Å². The van der Waals surface area contributed by atoms with Gasteiger partial charge < -0.3 is 9.64 Å². The Kier molecular flexibility index (Phi) is 5.76. The highest BCUT2D eigenvalue weighted by Crippen LogP contribution is 2.29. The molecule has 0 aliphatic carbocycles. The largest absolute Gasteiger partial charge is 0.380 e. The molecule has 4 heteroatoms. The summed E-state index contributed by atoms with van der Waals surface area (Å²) in [5.41, 5.74) is 1.13. The number of rotatable bonds is 7. The van der Waals surface area contributed by atoms with E-state index in [2.05, 4.69) is 31.3 Å². The minimum absolute atomic E-state index is 0.0503. The lowest BCUT2D eigenvalue weighted by molar-refractivity contribution is -0.133. The van der Waals surface area contributed by atoms with Gasteiger partial charge in [-0.25, -0.2) is 0 Å². The van der Waals surface area contributed by atoms with Gasteiger partial charge in [0.2, 0.25) is 5.91 Å². The van der Waals surface area contributed by atoms with Crippen molar-refractivity contribution in [2.75, 3.05) is 13.2 Å². The highest BCUT2D eigenvalue weighted by Gasteiger charge is 2.41. The molecule has 1 saturated heterocycles. The van der Waals surface area contributed by atoms with Gasteiger partial charge in [0, 0.05) is 6.61 Å². The molecular formula is C17H26N2O2. The van der Waals surface area contributed by atoms with E-state index >= 15 is 0 Å². The highest BCUT2D eigenvalue weighted by molar-refractivity contribution is 5.84. The van der Waals surface area contributed by atoms with Crippen LogP contribution in [0.4, 0.5) is 0 Å². The number of amides is 1. The molecule has 116 valence electrons. The third kappa shape index (κ3) is 3.63. The van der Waals surface area contributed by atoms with Gasteiger partial charge in [0.1, 0.15) is 6.17 Å². The second kappa shape index (κ2) is 7.57. The standard InChI is InChI=1S/C17H26N2O2/c1-4-9-15-17(20)19(13(3)12-21-5-2)16(18-15)14-10-7-6-8-11-14/h6-8,10-11,13,15-16,18H,4-5,9,12H2,1-3H3. The minimum atomic E-state index is -0.0794. The van der Waals surface area contributed by atoms with E-state index in [0.29, 0.717) is 13.2 Å². The Morgan fingerprint density at radius 2 is 2.00 bits per heavy atom. The number of nitrogens with zero attached hydrogens (tertiary/aromatic N) is 1. The quantitative estimate of drug-likeness (QED) is 0.839. The van der Waals surface area contributed by atoms with Gasteiger partial charge in [-0.05, 0) is 25.8 Å². The molecular weight excluding hydrogens is 264 g/mol. The van der Waals surface area contributed by atoms with Crippen LogP contribution >= 0.6 is 0 Å². The van der Waals surface area contributed by atoms with Crippen LogP contribution in [0.2, 0.25) is 0 Å². The molecule has 1 N–H and O–H groups in total. The van der Waals surface area contributed by atoms with Crippen LogP contribution in [0.3, 0.4) is 0 Å². The Morgan fingerprint density at radius 1 is 1.29 bits per heavy atom. The monoisotopic (exact) mass is 290 g/mol. The summed E-state index contributed by atoms with van der Waals surface area (Å²) < 4.78 is 5.51. The minimum Gasteiger partial charge on any atom is -0.380 e. The molecule has 2 rings (SSSR count). The van der Waals surface area contributed by atoms with Gasteiger partial charge in [-0.1, -0.05) is 43.7 Å². The summed E-state index contributed by atoms with van der Waals surface area (Å²) in [6, 6.07) is 10.2. The average Bonchev–Trinajstić information content (AvgIpc) is 2.83. The summed E-state index contributed by atoms with van der Waals surface area (Å²) in [6.45, 7) is 7.39. The van der Waals surface area contributed by atoms with Gasteiger partial charge in [0.15, 0.2) is 0 Å². The smallest absolute Gasteiger partial charge is 0.241 e. The van der Waals surface area contributed by atoms with Gasteiger partial charge in [-0.15, -0.1) is 0 Å². The Morgan fingerprint density at radius 3 is 2.62 bits per heavy atom. The molecule has 0 aromatic heterocycles. The first kappa shape index (κ1) is 16.0. The Hall–Kier alpha value is -1.39. The maximum Gasteiger partial charge on any atom is 0.241 e. The summed E-state index contributed by atoms with van der Waals surface area (Å²) in [4.78, 5) is 14.6. The van der Waals surface area contributed by atoms with E-state index in [1.807, 2.05) is 30.0 Å². The van der Waals surface area contributed by atoms with Crippen LogP contribution in [0.1, 0.15) is 45.3 Å². The molecule has 0 saturated carbocycles. The summed E-state index contributed by atoms with van der Waals surface area (Å²) in [6.07, 6.45) is 1.82. The number of ether oxygens (including phenoxy) is 1. The maximum atomic E-state index is 12.7. The van der Waals surface area contributed by atoms with Crippen LogP contribution < -0.4 is 5.32 Å². The number of benzene rings is 1. The molecule has 1 aliphatic heterocycles. The van der Waals surface area contributed by atoms with E-state index < -0.39 is 0 Å². The molecule has 1 aromatic carbocycles. The molecule has 0 radical (unpaired) electrons. The zero-order chi connectivity index (χ0) is 15.2. The van der Waals surface area contributed by atoms with Crippen molar-refractivity contribution in [3.8, 4) is 0 Å². The Balaban J connectivity index is 2.20. The summed E-state index contributed by atoms with van der Waals surface area (Å²) >= 11 is 0. The first-order valence-corrected chi connectivity index (χ1v) is 7.89. The molecule has 1 aliphatic rings. The number of nitrogens with one attached hydrogen (secondary N) is 1. The molecule has 1 amide bonds. The van der Waals surface area contributed by atoms with Crippen LogP contribution in [0.25, 0.3) is 0 Å². The van der Waals surface area contributed by atoms with Gasteiger partial charge in [0.25, 0.3) is 0 Å². The van der Waals surface area contributed by atoms with Crippen molar-refractivity contribution in [3.05, 3.63) is 35.9 Å². The fourth-order valence-electron chi connectivity index (χ4n) is 2.88. The van der Waals surface area contributed by atoms with E-state index in [1.54, 1.807) is 0 Å². The maximum absolute atomic E-state index is 12.7. The summed E-state index contributed by atoms with van der Waals surface area (Å²) in [7, 11) is 0. The van der Waals surface area contributed by atoms with Crippen LogP contribution in [0, 0.1) is 0 Å². The average molecular weight is 290 g/mol. The molecule has 3 unspecified atom stereocenters. The molecule has 3 atom stereocenters. The molecule has 0 spiro atoms.